The molecule has 2 rings (SSSR count). The molecule has 0 bridgehead atoms. The van der Waals surface area contributed by atoms with Crippen LogP contribution >= 0.6 is 0 Å². The summed E-state index contributed by atoms with van der Waals surface area (Å²) >= 11 is 0. The van der Waals surface area contributed by atoms with Gasteiger partial charge in [0.1, 0.15) is 26.4 Å². The Hall–Kier alpha value is -2.10. The molecule has 0 radical (unpaired) electrons. The fourth-order valence-electron chi connectivity index (χ4n) is 1.29. The summed E-state index contributed by atoms with van der Waals surface area (Å²) < 4.78 is 120. The van der Waals surface area contributed by atoms with Crippen molar-refractivity contribution >= 4 is 12.3 Å². The number of rotatable bonds is 6. The van der Waals surface area contributed by atoms with Gasteiger partial charge in [-0.3, -0.25) is 0 Å². The third-order valence-electron chi connectivity index (χ3n) is 3.30. The summed E-state index contributed by atoms with van der Waals surface area (Å²) in [7, 11) is 1.09. The summed E-state index contributed by atoms with van der Waals surface area (Å²) in [6.07, 6.45) is -11.7. The number of ether oxygens (including phenoxy) is 6. The Morgan fingerprint density at radius 1 is 0.625 bits per heavy atom. The highest BCUT2D eigenvalue weighted by molar-refractivity contribution is 5.61. The highest BCUT2D eigenvalue weighted by atomic mass is 19.3. The van der Waals surface area contributed by atoms with Crippen LogP contribution in [0.1, 0.15) is 26.7 Å². The molecule has 0 aromatic rings. The average Bonchev–Trinajstić information content (AvgIpc) is 3.42. The molecule has 0 aromatic carbocycles. The van der Waals surface area contributed by atoms with Gasteiger partial charge in [0, 0.05) is 27.1 Å². The van der Waals surface area contributed by atoms with Gasteiger partial charge in [-0.05, 0) is 0 Å². The normalized spacial score (nSPS) is 16.0. The third kappa shape index (κ3) is 11.5. The highest BCUT2D eigenvalue weighted by Gasteiger charge is 2.56. The zero-order valence-electron chi connectivity index (χ0n) is 17.5. The van der Waals surface area contributed by atoms with Gasteiger partial charge in [0.2, 0.25) is 0 Å². The van der Waals surface area contributed by atoms with Gasteiger partial charge in [-0.1, -0.05) is 13.8 Å². The fraction of sp³-hybridized carbons (Fsp3) is 0.875. The molecule has 0 aliphatic carbocycles. The summed E-state index contributed by atoms with van der Waals surface area (Å²) in [6.45, 7) is 3.59. The predicted octanol–water partition coefficient (Wildman–Crippen LogP) is 4.85. The Kier molecular flexibility index (Phi) is 14.2. The van der Waals surface area contributed by atoms with Crippen LogP contribution < -0.4 is 0 Å². The second-order valence-electron chi connectivity index (χ2n) is 5.45. The minimum absolute atomic E-state index is 0.416. The van der Waals surface area contributed by atoms with E-state index in [1.165, 1.54) is 0 Å². The van der Waals surface area contributed by atoms with Crippen molar-refractivity contribution in [1.29, 1.82) is 0 Å². The number of carbonyl (C=O) groups excluding carboxylic acids is 2. The molecule has 0 amide bonds. The highest BCUT2D eigenvalue weighted by Crippen LogP contribution is 2.37. The lowest BCUT2D eigenvalue weighted by atomic mass is 10.2. The van der Waals surface area contributed by atoms with E-state index in [1.807, 2.05) is 0 Å². The minimum Gasteiger partial charge on any atom is -0.431 e. The van der Waals surface area contributed by atoms with E-state index in [1.54, 1.807) is 0 Å². The zero-order valence-corrected chi connectivity index (χ0v) is 17.5. The van der Waals surface area contributed by atoms with E-state index >= 15 is 0 Å². The van der Waals surface area contributed by atoms with Crippen LogP contribution in [0, 0.1) is 0 Å². The van der Waals surface area contributed by atoms with Crippen molar-refractivity contribution in [2.45, 2.75) is 50.8 Å². The van der Waals surface area contributed by atoms with Crippen LogP contribution in [0.3, 0.4) is 0 Å². The van der Waals surface area contributed by atoms with E-state index in [2.05, 4.69) is 28.4 Å². The van der Waals surface area contributed by atoms with Crippen LogP contribution in [-0.2, 0) is 28.4 Å². The smallest absolute Gasteiger partial charge is 0.431 e. The van der Waals surface area contributed by atoms with Gasteiger partial charge < -0.3 is 28.4 Å². The topological polar surface area (TPSA) is 89.5 Å². The van der Waals surface area contributed by atoms with Crippen molar-refractivity contribution in [3.05, 3.63) is 0 Å². The number of hydrogen-bond acceptors (Lipinski definition) is 8. The molecule has 32 heavy (non-hydrogen) atoms. The Labute approximate surface area is 178 Å². The third-order valence-corrected chi connectivity index (χ3v) is 3.30. The summed E-state index contributed by atoms with van der Waals surface area (Å²) in [5.74, 6) is -8.14. The van der Waals surface area contributed by atoms with Gasteiger partial charge in [0.25, 0.3) is 0 Å². The molecule has 2 aliphatic heterocycles. The number of halogens is 8. The van der Waals surface area contributed by atoms with Gasteiger partial charge >= 0.3 is 36.4 Å². The lowest BCUT2D eigenvalue weighted by Crippen LogP contribution is -2.41. The van der Waals surface area contributed by atoms with Gasteiger partial charge in [0.15, 0.2) is 0 Å². The second kappa shape index (κ2) is 14.1. The molecule has 192 valence electrons. The van der Waals surface area contributed by atoms with Crippen LogP contribution in [0.25, 0.3) is 0 Å². The van der Waals surface area contributed by atoms with Crippen molar-refractivity contribution in [2.24, 2.45) is 0 Å². The van der Waals surface area contributed by atoms with E-state index < -0.39 is 49.2 Å². The van der Waals surface area contributed by atoms with E-state index in [-0.39, 0.29) is 0 Å². The second-order valence-corrected chi connectivity index (χ2v) is 5.45. The molecule has 0 unspecified atom stereocenters. The summed E-state index contributed by atoms with van der Waals surface area (Å²) in [6, 6.07) is 0. The van der Waals surface area contributed by atoms with Crippen molar-refractivity contribution in [2.75, 3.05) is 40.6 Å². The molecule has 0 spiro atoms. The number of carbonyl (C=O) groups is 2. The molecule has 8 nitrogen and oxygen atoms in total. The van der Waals surface area contributed by atoms with Crippen molar-refractivity contribution in [3.63, 3.8) is 0 Å². The minimum atomic E-state index is -4.35. The van der Waals surface area contributed by atoms with Crippen molar-refractivity contribution in [1.82, 2.24) is 0 Å². The zero-order chi connectivity index (χ0) is 25.6. The largest absolute Gasteiger partial charge is 0.508 e. The van der Waals surface area contributed by atoms with Crippen molar-refractivity contribution < 1.29 is 73.1 Å². The maximum Gasteiger partial charge on any atom is 0.508 e. The predicted molar refractivity (Wildman–Crippen MR) is 89.0 cm³/mol. The van der Waals surface area contributed by atoms with Crippen LogP contribution in [0.15, 0.2) is 0 Å². The molecule has 2 aliphatic rings. The lowest BCUT2D eigenvalue weighted by molar-refractivity contribution is -0.337. The average molecular weight is 496 g/mol. The molecule has 0 N–H and O–H groups in total. The molecule has 2 saturated heterocycles. The van der Waals surface area contributed by atoms with E-state index in [0.29, 0.717) is 40.6 Å². The molecule has 2 heterocycles. The molecular formula is C16H24F8O8. The molecule has 0 aromatic heterocycles. The first-order valence-electron chi connectivity index (χ1n) is 8.74. The van der Waals surface area contributed by atoms with Crippen LogP contribution in [0.5, 0.6) is 0 Å². The SMILES string of the molecule is CCC(F)(F)C(F)(F)OC.CCC(F)(F)C(F)(F)OC.O=C1OCCO1.O=C1OCCO1. The summed E-state index contributed by atoms with van der Waals surface area (Å²) in [5.41, 5.74) is 0. The number of methoxy groups -OCH3 is 2. The Balaban J connectivity index is 0. The first-order chi connectivity index (χ1) is 14.5. The molecule has 0 saturated carbocycles. The Bertz CT molecular complexity index is 468. The number of alkyl halides is 8. The monoisotopic (exact) mass is 496 g/mol. The maximum absolute atomic E-state index is 12.1. The van der Waals surface area contributed by atoms with E-state index in [9.17, 15) is 44.7 Å². The van der Waals surface area contributed by atoms with Crippen molar-refractivity contribution in [3.8, 4) is 0 Å². The Morgan fingerprint density at radius 2 is 0.844 bits per heavy atom. The first kappa shape index (κ1) is 32.1. The molecular weight excluding hydrogens is 472 g/mol. The van der Waals surface area contributed by atoms with Crippen LogP contribution in [0.4, 0.5) is 44.7 Å². The van der Waals surface area contributed by atoms with Gasteiger partial charge in [-0.25, -0.2) is 9.59 Å². The molecule has 16 heteroatoms. The Morgan fingerprint density at radius 3 is 0.906 bits per heavy atom. The molecule has 0 atom stereocenters. The van der Waals surface area contributed by atoms with Gasteiger partial charge in [-0.15, -0.1) is 0 Å². The number of cyclic esters (lactones) is 4. The van der Waals surface area contributed by atoms with Crippen LogP contribution in [-0.4, -0.2) is 77.0 Å². The first-order valence-corrected chi connectivity index (χ1v) is 8.74. The van der Waals surface area contributed by atoms with E-state index in [4.69, 9.17) is 0 Å². The summed E-state index contributed by atoms with van der Waals surface area (Å²) in [4.78, 5) is 19.6. The number of hydrogen-bond donors (Lipinski definition) is 0. The standard InChI is InChI=1S/2C5H8F4O.2C3H4O3/c2*1-3-4(6,7)5(8,9)10-2;2*4-3-5-1-2-6-3/h2*3H2,1-2H3;2*1-2H2. The van der Waals surface area contributed by atoms with Gasteiger partial charge in [0.05, 0.1) is 0 Å². The summed E-state index contributed by atoms with van der Waals surface area (Å²) in [5, 5.41) is 0. The van der Waals surface area contributed by atoms with Gasteiger partial charge in [-0.2, -0.15) is 35.1 Å². The quantitative estimate of drug-likeness (QED) is 0.381. The molecule has 2 fully saturated rings. The lowest BCUT2D eigenvalue weighted by Gasteiger charge is -2.22. The fourth-order valence-corrected chi connectivity index (χ4v) is 1.29. The van der Waals surface area contributed by atoms with Crippen LogP contribution in [0.2, 0.25) is 0 Å². The maximum atomic E-state index is 12.1. The van der Waals surface area contributed by atoms with E-state index in [0.717, 1.165) is 13.8 Å².